The van der Waals surface area contributed by atoms with E-state index in [1.807, 2.05) is 62.4 Å². The second-order valence-corrected chi connectivity index (χ2v) is 6.31. The van der Waals surface area contributed by atoms with E-state index >= 15 is 0 Å². The van der Waals surface area contributed by atoms with Gasteiger partial charge >= 0.3 is 0 Å². The monoisotopic (exact) mass is 345 g/mol. The van der Waals surface area contributed by atoms with E-state index in [2.05, 4.69) is 17.4 Å². The summed E-state index contributed by atoms with van der Waals surface area (Å²) in [6, 6.07) is 23.4. The molecule has 3 aromatic rings. The molecular weight excluding hydrogens is 322 g/mol. The molecule has 0 aliphatic rings. The molecule has 0 saturated heterocycles. The summed E-state index contributed by atoms with van der Waals surface area (Å²) in [5, 5.41) is 2.98. The highest BCUT2D eigenvalue weighted by atomic mass is 16.5. The van der Waals surface area contributed by atoms with Crippen molar-refractivity contribution in [2.75, 3.05) is 11.9 Å². The molecule has 0 aliphatic carbocycles. The number of carbonyl (C=O) groups excluding carboxylic acids is 1. The molecule has 0 fully saturated rings. The van der Waals surface area contributed by atoms with Crippen LogP contribution in [0.15, 0.2) is 72.8 Å². The van der Waals surface area contributed by atoms with Crippen LogP contribution in [0.4, 0.5) is 5.69 Å². The van der Waals surface area contributed by atoms with E-state index in [0.29, 0.717) is 17.9 Å². The van der Waals surface area contributed by atoms with Crippen molar-refractivity contribution in [2.24, 2.45) is 0 Å². The Balaban J connectivity index is 1.63. The molecule has 3 aromatic carbocycles. The van der Waals surface area contributed by atoms with Crippen LogP contribution in [0.5, 0.6) is 5.75 Å². The molecule has 3 nitrogen and oxygen atoms in total. The molecule has 0 unspecified atom stereocenters. The maximum atomic E-state index is 12.6. The van der Waals surface area contributed by atoms with Gasteiger partial charge in [0.1, 0.15) is 5.75 Å². The van der Waals surface area contributed by atoms with Gasteiger partial charge in [-0.05, 0) is 54.8 Å². The van der Waals surface area contributed by atoms with E-state index in [-0.39, 0.29) is 5.91 Å². The van der Waals surface area contributed by atoms with Crippen LogP contribution >= 0.6 is 0 Å². The summed E-state index contributed by atoms with van der Waals surface area (Å²) in [6.45, 7) is 4.62. The number of anilines is 1. The number of hydrogen-bond acceptors (Lipinski definition) is 2. The first-order chi connectivity index (χ1) is 12.6. The summed E-state index contributed by atoms with van der Waals surface area (Å²) in [5.74, 6) is 0.571. The fraction of sp³-hybridized carbons (Fsp3) is 0.174. The first kappa shape index (κ1) is 17.7. The second kappa shape index (κ2) is 8.34. The topological polar surface area (TPSA) is 38.3 Å². The van der Waals surface area contributed by atoms with Gasteiger partial charge in [0.05, 0.1) is 6.61 Å². The van der Waals surface area contributed by atoms with Crippen LogP contribution < -0.4 is 10.1 Å². The van der Waals surface area contributed by atoms with Crippen molar-refractivity contribution in [1.82, 2.24) is 0 Å². The highest BCUT2D eigenvalue weighted by Gasteiger charge is 2.09. The Labute approximate surface area is 154 Å². The quantitative estimate of drug-likeness (QED) is 0.669. The van der Waals surface area contributed by atoms with Gasteiger partial charge in [0, 0.05) is 17.7 Å². The van der Waals surface area contributed by atoms with Crippen molar-refractivity contribution in [3.63, 3.8) is 0 Å². The number of rotatable bonds is 6. The Morgan fingerprint density at radius 3 is 2.50 bits per heavy atom. The minimum Gasteiger partial charge on any atom is -0.493 e. The Bertz CT molecular complexity index is 888. The van der Waals surface area contributed by atoms with Gasteiger partial charge in [-0.1, -0.05) is 48.5 Å². The number of amides is 1. The normalized spacial score (nSPS) is 10.4. The van der Waals surface area contributed by atoms with Gasteiger partial charge in [-0.25, -0.2) is 0 Å². The lowest BCUT2D eigenvalue weighted by molar-refractivity contribution is 0.102. The van der Waals surface area contributed by atoms with Crippen LogP contribution in [0.2, 0.25) is 0 Å². The Morgan fingerprint density at radius 1 is 0.923 bits per heavy atom. The van der Waals surface area contributed by atoms with Crippen LogP contribution in [-0.4, -0.2) is 12.5 Å². The fourth-order valence-electron chi connectivity index (χ4n) is 2.74. The van der Waals surface area contributed by atoms with Gasteiger partial charge in [-0.2, -0.15) is 0 Å². The minimum absolute atomic E-state index is 0.132. The summed E-state index contributed by atoms with van der Waals surface area (Å²) in [5.41, 5.74) is 4.89. The van der Waals surface area contributed by atoms with Gasteiger partial charge in [0.15, 0.2) is 0 Å². The average molecular weight is 345 g/mol. The first-order valence-corrected chi connectivity index (χ1v) is 8.78. The summed E-state index contributed by atoms with van der Waals surface area (Å²) >= 11 is 0. The van der Waals surface area contributed by atoms with Crippen LogP contribution in [0.1, 0.15) is 27.0 Å². The Kier molecular flexibility index (Phi) is 5.69. The van der Waals surface area contributed by atoms with E-state index in [9.17, 15) is 4.79 Å². The third kappa shape index (κ3) is 4.51. The molecule has 132 valence electrons. The fourth-order valence-corrected chi connectivity index (χ4v) is 2.74. The highest BCUT2D eigenvalue weighted by molar-refractivity contribution is 6.04. The van der Waals surface area contributed by atoms with Crippen molar-refractivity contribution < 1.29 is 9.53 Å². The van der Waals surface area contributed by atoms with E-state index in [0.717, 1.165) is 23.2 Å². The zero-order valence-corrected chi connectivity index (χ0v) is 15.2. The number of ether oxygens (including phenoxy) is 1. The zero-order valence-electron chi connectivity index (χ0n) is 15.2. The third-order valence-electron chi connectivity index (χ3n) is 4.45. The minimum atomic E-state index is -0.132. The van der Waals surface area contributed by atoms with Crippen molar-refractivity contribution in [3.05, 3.63) is 95.1 Å². The maximum Gasteiger partial charge on any atom is 0.255 e. The lowest BCUT2D eigenvalue weighted by Crippen LogP contribution is -2.13. The van der Waals surface area contributed by atoms with Crippen molar-refractivity contribution in [2.45, 2.75) is 20.3 Å². The van der Waals surface area contributed by atoms with E-state index < -0.39 is 0 Å². The third-order valence-corrected chi connectivity index (χ3v) is 4.45. The number of aryl methyl sites for hydroxylation is 1. The van der Waals surface area contributed by atoms with Gasteiger partial charge in [-0.3, -0.25) is 4.79 Å². The smallest absolute Gasteiger partial charge is 0.255 e. The highest BCUT2D eigenvalue weighted by Crippen LogP contribution is 2.20. The van der Waals surface area contributed by atoms with Gasteiger partial charge in [0.2, 0.25) is 0 Å². The molecule has 3 rings (SSSR count). The summed E-state index contributed by atoms with van der Waals surface area (Å²) in [6.07, 6.45) is 0.833. The lowest BCUT2D eigenvalue weighted by Gasteiger charge is -2.11. The number of nitrogens with one attached hydrogen (secondary N) is 1. The van der Waals surface area contributed by atoms with Gasteiger partial charge in [0.25, 0.3) is 5.91 Å². The Morgan fingerprint density at radius 2 is 1.69 bits per heavy atom. The molecule has 3 heteroatoms. The lowest BCUT2D eigenvalue weighted by atomic mass is 10.1. The average Bonchev–Trinajstić information content (AvgIpc) is 2.66. The Hall–Kier alpha value is -3.07. The number of carbonyl (C=O) groups is 1. The van der Waals surface area contributed by atoms with Crippen LogP contribution in [0.3, 0.4) is 0 Å². The molecule has 26 heavy (non-hydrogen) atoms. The van der Waals surface area contributed by atoms with E-state index in [1.54, 1.807) is 12.1 Å². The standard InChI is InChI=1S/C23H23NO2/c1-17-8-6-13-22(18(17)2)24-23(25)20-11-7-12-21(16-20)26-15-14-19-9-4-3-5-10-19/h3-13,16H,14-15H2,1-2H3,(H,24,25). The predicted molar refractivity (Wildman–Crippen MR) is 106 cm³/mol. The molecule has 0 saturated carbocycles. The van der Waals surface area contributed by atoms with E-state index in [1.165, 1.54) is 5.56 Å². The maximum absolute atomic E-state index is 12.6. The second-order valence-electron chi connectivity index (χ2n) is 6.31. The van der Waals surface area contributed by atoms with Gasteiger partial charge < -0.3 is 10.1 Å². The first-order valence-electron chi connectivity index (χ1n) is 8.78. The van der Waals surface area contributed by atoms with Crippen molar-refractivity contribution >= 4 is 11.6 Å². The zero-order chi connectivity index (χ0) is 18.4. The molecule has 0 heterocycles. The number of benzene rings is 3. The largest absolute Gasteiger partial charge is 0.493 e. The van der Waals surface area contributed by atoms with Gasteiger partial charge in [-0.15, -0.1) is 0 Å². The summed E-state index contributed by atoms with van der Waals surface area (Å²) in [4.78, 5) is 12.6. The molecular formula is C23H23NO2. The molecule has 0 aromatic heterocycles. The molecule has 0 bridgehead atoms. The molecule has 0 aliphatic heterocycles. The van der Waals surface area contributed by atoms with Crippen molar-refractivity contribution in [1.29, 1.82) is 0 Å². The molecule has 0 spiro atoms. The summed E-state index contributed by atoms with van der Waals surface area (Å²) < 4.78 is 5.81. The molecule has 1 N–H and O–H groups in total. The predicted octanol–water partition coefficient (Wildman–Crippen LogP) is 5.18. The van der Waals surface area contributed by atoms with Crippen LogP contribution in [0, 0.1) is 13.8 Å². The van der Waals surface area contributed by atoms with Crippen LogP contribution in [-0.2, 0) is 6.42 Å². The SMILES string of the molecule is Cc1cccc(NC(=O)c2cccc(OCCc3ccccc3)c2)c1C. The molecule has 0 atom stereocenters. The van der Waals surface area contributed by atoms with E-state index in [4.69, 9.17) is 4.74 Å². The van der Waals surface area contributed by atoms with Crippen molar-refractivity contribution in [3.8, 4) is 5.75 Å². The summed E-state index contributed by atoms with van der Waals surface area (Å²) in [7, 11) is 0. The number of hydrogen-bond donors (Lipinski definition) is 1. The molecule has 0 radical (unpaired) electrons. The molecule has 1 amide bonds. The van der Waals surface area contributed by atoms with Crippen LogP contribution in [0.25, 0.3) is 0 Å².